The Morgan fingerprint density at radius 3 is 2.62 bits per heavy atom. The topological polar surface area (TPSA) is 76.5 Å². The second-order valence-electron chi connectivity index (χ2n) is 9.20. The highest BCUT2D eigenvalue weighted by Gasteiger charge is 2.27. The number of thiophene rings is 1. The zero-order chi connectivity index (χ0) is 23.7. The van der Waals surface area contributed by atoms with Crippen LogP contribution in [0, 0.1) is 0 Å². The molecule has 1 N–H and O–H groups in total. The maximum Gasteiger partial charge on any atom is 0.263 e. The molecular weight excluding hydrogens is 448 g/mol. The first-order chi connectivity index (χ1) is 16.5. The molecule has 3 heterocycles. The van der Waals surface area contributed by atoms with Crippen LogP contribution >= 0.6 is 11.3 Å². The predicted octanol–water partition coefficient (Wildman–Crippen LogP) is 4.53. The smallest absolute Gasteiger partial charge is 0.263 e. The average molecular weight is 481 g/mol. The maximum atomic E-state index is 13.9. The van der Waals surface area contributed by atoms with Gasteiger partial charge in [0.25, 0.3) is 5.56 Å². The number of aromatic nitrogens is 2. The van der Waals surface area contributed by atoms with Gasteiger partial charge >= 0.3 is 0 Å². The molecule has 2 aliphatic rings. The Morgan fingerprint density at radius 1 is 1.15 bits per heavy atom. The molecule has 0 saturated carbocycles. The molecule has 1 fully saturated rings. The van der Waals surface area contributed by atoms with Crippen molar-refractivity contribution < 1.29 is 9.53 Å². The number of fused-ring (bicyclic) bond motifs is 3. The first-order valence-electron chi connectivity index (χ1n) is 12.4. The van der Waals surface area contributed by atoms with Crippen molar-refractivity contribution in [2.45, 2.75) is 65.0 Å². The van der Waals surface area contributed by atoms with Crippen molar-refractivity contribution in [3.63, 3.8) is 0 Å². The number of carbonyl (C=O) groups excluding carboxylic acids is 1. The van der Waals surface area contributed by atoms with Crippen molar-refractivity contribution >= 4 is 33.1 Å². The monoisotopic (exact) mass is 480 g/mol. The van der Waals surface area contributed by atoms with Gasteiger partial charge in [-0.15, -0.1) is 11.3 Å². The van der Waals surface area contributed by atoms with Gasteiger partial charge in [0.2, 0.25) is 5.91 Å². The summed E-state index contributed by atoms with van der Waals surface area (Å²) in [5.41, 5.74) is 1.76. The number of benzene rings is 1. The van der Waals surface area contributed by atoms with Crippen molar-refractivity contribution in [2.75, 3.05) is 25.0 Å². The van der Waals surface area contributed by atoms with E-state index in [9.17, 15) is 9.59 Å². The van der Waals surface area contributed by atoms with Gasteiger partial charge in [-0.2, -0.15) is 0 Å². The van der Waals surface area contributed by atoms with Crippen LogP contribution in [0.15, 0.2) is 29.1 Å². The van der Waals surface area contributed by atoms with Crippen LogP contribution in [-0.4, -0.2) is 40.1 Å². The van der Waals surface area contributed by atoms with Crippen LogP contribution in [0.25, 0.3) is 10.2 Å². The number of hydrogen-bond donors (Lipinski definition) is 1. The molecule has 1 aromatic carbocycles. The summed E-state index contributed by atoms with van der Waals surface area (Å²) in [4.78, 5) is 36.6. The lowest BCUT2D eigenvalue weighted by molar-refractivity contribution is -0.119. The normalized spacial score (nSPS) is 17.0. The highest BCUT2D eigenvalue weighted by molar-refractivity contribution is 7.18. The van der Waals surface area contributed by atoms with Gasteiger partial charge in [0.05, 0.1) is 18.5 Å². The summed E-state index contributed by atoms with van der Waals surface area (Å²) < 4.78 is 7.13. The molecule has 1 aliphatic heterocycles. The van der Waals surface area contributed by atoms with Crippen LogP contribution in [0.4, 0.5) is 5.69 Å². The molecule has 5 rings (SSSR count). The van der Waals surface area contributed by atoms with E-state index < -0.39 is 6.04 Å². The Kier molecular flexibility index (Phi) is 6.70. The van der Waals surface area contributed by atoms with Gasteiger partial charge in [0, 0.05) is 10.6 Å². The van der Waals surface area contributed by atoms with Crippen molar-refractivity contribution in [3.05, 3.63) is 50.9 Å². The zero-order valence-corrected chi connectivity index (χ0v) is 20.7. The van der Waals surface area contributed by atoms with Gasteiger partial charge in [-0.1, -0.05) is 0 Å². The van der Waals surface area contributed by atoms with Crippen molar-refractivity contribution in [1.82, 2.24) is 14.5 Å². The number of rotatable bonds is 7. The van der Waals surface area contributed by atoms with Gasteiger partial charge in [-0.3, -0.25) is 19.1 Å². The number of hydrogen-bond acceptors (Lipinski definition) is 6. The summed E-state index contributed by atoms with van der Waals surface area (Å²) in [5, 5.41) is 3.70. The molecule has 7 nitrogen and oxygen atoms in total. The fourth-order valence-electron chi connectivity index (χ4n) is 5.08. The summed E-state index contributed by atoms with van der Waals surface area (Å²) in [6, 6.07) is 6.63. The molecular formula is C26H32N4O3S. The first kappa shape index (κ1) is 23.1. The van der Waals surface area contributed by atoms with E-state index in [1.165, 1.54) is 4.88 Å². The number of carbonyl (C=O) groups is 1. The lowest BCUT2D eigenvalue weighted by Gasteiger charge is -2.22. The van der Waals surface area contributed by atoms with E-state index in [1.807, 2.05) is 31.2 Å². The number of anilines is 1. The number of likely N-dealkylation sites (tertiary alicyclic amines) is 1. The van der Waals surface area contributed by atoms with Crippen LogP contribution < -0.4 is 15.6 Å². The lowest BCUT2D eigenvalue weighted by atomic mass is 9.97. The van der Waals surface area contributed by atoms with Crippen LogP contribution in [0.1, 0.15) is 61.8 Å². The third-order valence-corrected chi connectivity index (χ3v) is 8.04. The quantitative estimate of drug-likeness (QED) is 0.538. The van der Waals surface area contributed by atoms with Crippen LogP contribution in [0.3, 0.4) is 0 Å². The SMILES string of the molecule is CCOc1ccc(NC(=O)C(C)n2c(CN3CCCC3)nc3sc4c(c3c2=O)CCCC4)cc1. The Labute approximate surface area is 203 Å². The largest absolute Gasteiger partial charge is 0.494 e. The molecule has 2 aromatic heterocycles. The second kappa shape index (κ2) is 9.88. The molecule has 1 aliphatic carbocycles. The molecule has 3 aromatic rings. The third-order valence-electron chi connectivity index (χ3n) is 6.86. The van der Waals surface area contributed by atoms with Gasteiger partial charge < -0.3 is 10.1 Å². The molecule has 8 heteroatoms. The second-order valence-corrected chi connectivity index (χ2v) is 10.3. The molecule has 1 saturated heterocycles. The van der Waals surface area contributed by atoms with E-state index in [4.69, 9.17) is 9.72 Å². The fourth-order valence-corrected chi connectivity index (χ4v) is 6.35. The molecule has 34 heavy (non-hydrogen) atoms. The number of ether oxygens (including phenoxy) is 1. The Bertz CT molecular complexity index is 1240. The Hall–Kier alpha value is -2.71. The predicted molar refractivity (Wildman–Crippen MR) is 136 cm³/mol. The summed E-state index contributed by atoms with van der Waals surface area (Å²) >= 11 is 1.67. The molecule has 1 amide bonds. The van der Waals surface area contributed by atoms with E-state index in [2.05, 4.69) is 10.2 Å². The standard InChI is InChI=1S/C26H32N4O3S/c1-3-33-19-12-10-18(11-13-19)27-24(31)17(2)30-22(16-29-14-6-7-15-29)28-25-23(26(30)32)20-8-4-5-9-21(20)34-25/h10-13,17H,3-9,14-16H2,1-2H3,(H,27,31). The summed E-state index contributed by atoms with van der Waals surface area (Å²) in [7, 11) is 0. The molecule has 0 bridgehead atoms. The number of amides is 1. The minimum atomic E-state index is -0.673. The van der Waals surface area contributed by atoms with Crippen molar-refractivity contribution in [1.29, 1.82) is 0 Å². The Balaban J connectivity index is 1.50. The minimum absolute atomic E-state index is 0.0760. The van der Waals surface area contributed by atoms with E-state index >= 15 is 0 Å². The summed E-state index contributed by atoms with van der Waals surface area (Å²) in [5.74, 6) is 1.22. The van der Waals surface area contributed by atoms with Crippen LogP contribution in [-0.2, 0) is 24.2 Å². The van der Waals surface area contributed by atoms with E-state index in [0.717, 1.165) is 73.1 Å². The maximum absolute atomic E-state index is 13.9. The van der Waals surface area contributed by atoms with Crippen molar-refractivity contribution in [3.8, 4) is 5.75 Å². The van der Waals surface area contributed by atoms with Gasteiger partial charge in [0.15, 0.2) is 0 Å². The van der Waals surface area contributed by atoms with Gasteiger partial charge in [0.1, 0.15) is 22.4 Å². The average Bonchev–Trinajstić information content (AvgIpc) is 3.48. The van der Waals surface area contributed by atoms with Crippen LogP contribution in [0.2, 0.25) is 0 Å². The number of nitrogens with zero attached hydrogens (tertiary/aromatic N) is 3. The van der Waals surface area contributed by atoms with E-state index in [0.29, 0.717) is 24.7 Å². The lowest BCUT2D eigenvalue weighted by Crippen LogP contribution is -2.36. The molecule has 1 atom stereocenters. The zero-order valence-electron chi connectivity index (χ0n) is 19.9. The van der Waals surface area contributed by atoms with Gasteiger partial charge in [-0.05, 0) is 95.3 Å². The molecule has 1 unspecified atom stereocenters. The van der Waals surface area contributed by atoms with E-state index in [-0.39, 0.29) is 11.5 Å². The van der Waals surface area contributed by atoms with Crippen LogP contribution in [0.5, 0.6) is 5.75 Å². The number of aryl methyl sites for hydroxylation is 2. The molecule has 0 spiro atoms. The minimum Gasteiger partial charge on any atom is -0.494 e. The highest BCUT2D eigenvalue weighted by Crippen LogP contribution is 2.34. The number of nitrogens with one attached hydrogen (secondary N) is 1. The summed E-state index contributed by atoms with van der Waals surface area (Å²) in [6.45, 7) is 6.92. The first-order valence-corrected chi connectivity index (χ1v) is 13.2. The highest BCUT2D eigenvalue weighted by atomic mass is 32.1. The fraction of sp³-hybridized carbons (Fsp3) is 0.500. The van der Waals surface area contributed by atoms with E-state index in [1.54, 1.807) is 22.8 Å². The third kappa shape index (κ3) is 4.49. The molecule has 0 radical (unpaired) electrons. The summed E-state index contributed by atoms with van der Waals surface area (Å²) in [6.07, 6.45) is 6.52. The van der Waals surface area contributed by atoms with Gasteiger partial charge in [-0.25, -0.2) is 4.98 Å². The molecule has 180 valence electrons. The van der Waals surface area contributed by atoms with Crippen molar-refractivity contribution in [2.24, 2.45) is 0 Å². The Morgan fingerprint density at radius 2 is 1.88 bits per heavy atom.